The number of aromatic nitrogens is 1. The highest BCUT2D eigenvalue weighted by Crippen LogP contribution is 2.28. The number of sulfonamides is 1. The summed E-state index contributed by atoms with van der Waals surface area (Å²) in [6, 6.07) is 1.77. The van der Waals surface area contributed by atoms with Crippen LogP contribution in [-0.4, -0.2) is 19.0 Å². The summed E-state index contributed by atoms with van der Waals surface area (Å²) in [6.07, 6.45) is 4.50. The van der Waals surface area contributed by atoms with E-state index in [0.717, 1.165) is 31.5 Å². The molecule has 0 aliphatic heterocycles. The van der Waals surface area contributed by atoms with Gasteiger partial charge in [0.25, 0.3) is 0 Å². The first-order valence-electron chi connectivity index (χ1n) is 6.87. The van der Waals surface area contributed by atoms with Gasteiger partial charge in [-0.05, 0) is 31.2 Å². The molecular weight excluding hydrogens is 262 g/mol. The van der Waals surface area contributed by atoms with Gasteiger partial charge in [-0.2, -0.15) is 0 Å². The molecule has 1 aromatic heterocycles. The zero-order chi connectivity index (χ0) is 14.0. The van der Waals surface area contributed by atoms with Crippen LogP contribution in [0.25, 0.3) is 0 Å². The van der Waals surface area contributed by atoms with Gasteiger partial charge in [0.1, 0.15) is 0 Å². The molecule has 2 rings (SSSR count). The third kappa shape index (κ3) is 3.19. The standard InChI is InChI=1S/C13H23N3O2S/c1-3-4-16-9-13(7-12(16)8-14)19(17,18)15-11-5-10(2)6-11/h7,9-11,15H,3-6,8,14H2,1-2H3. The van der Waals surface area contributed by atoms with E-state index in [-0.39, 0.29) is 6.04 Å². The average Bonchev–Trinajstić information content (AvgIpc) is 2.71. The number of nitrogens with one attached hydrogen (secondary N) is 1. The fourth-order valence-corrected chi connectivity index (χ4v) is 3.90. The molecule has 0 bridgehead atoms. The first-order chi connectivity index (χ1) is 8.96. The quantitative estimate of drug-likeness (QED) is 0.830. The van der Waals surface area contributed by atoms with Crippen molar-refractivity contribution in [2.45, 2.75) is 57.1 Å². The van der Waals surface area contributed by atoms with Gasteiger partial charge in [0.15, 0.2) is 0 Å². The number of nitrogens with two attached hydrogens (primary N) is 1. The lowest BCUT2D eigenvalue weighted by Crippen LogP contribution is -2.43. The average molecular weight is 285 g/mol. The first-order valence-corrected chi connectivity index (χ1v) is 8.36. The Labute approximate surface area is 115 Å². The normalized spacial score (nSPS) is 23.3. The summed E-state index contributed by atoms with van der Waals surface area (Å²) in [7, 11) is -3.40. The second kappa shape index (κ2) is 5.64. The van der Waals surface area contributed by atoms with Crippen molar-refractivity contribution in [3.05, 3.63) is 18.0 Å². The highest BCUT2D eigenvalue weighted by atomic mass is 32.2. The fourth-order valence-electron chi connectivity index (χ4n) is 2.58. The van der Waals surface area contributed by atoms with Gasteiger partial charge < -0.3 is 10.3 Å². The Morgan fingerprint density at radius 1 is 1.47 bits per heavy atom. The maximum absolute atomic E-state index is 12.3. The maximum atomic E-state index is 12.3. The molecule has 0 amide bonds. The number of rotatable bonds is 6. The molecule has 1 aliphatic carbocycles. The minimum Gasteiger partial charge on any atom is -0.349 e. The molecule has 0 saturated heterocycles. The lowest BCUT2D eigenvalue weighted by molar-refractivity contribution is 0.270. The molecule has 3 N–H and O–H groups in total. The highest BCUT2D eigenvalue weighted by Gasteiger charge is 2.30. The Kier molecular flexibility index (Phi) is 4.32. The van der Waals surface area contributed by atoms with Gasteiger partial charge >= 0.3 is 0 Å². The van der Waals surface area contributed by atoms with Gasteiger partial charge in [-0.25, -0.2) is 13.1 Å². The first kappa shape index (κ1) is 14.6. The Hall–Kier alpha value is -0.850. The Morgan fingerprint density at radius 2 is 2.16 bits per heavy atom. The number of hydrogen-bond acceptors (Lipinski definition) is 3. The molecule has 1 aromatic rings. The van der Waals surface area contributed by atoms with Crippen molar-refractivity contribution in [2.24, 2.45) is 11.7 Å². The van der Waals surface area contributed by atoms with Crippen LogP contribution in [0.1, 0.15) is 38.8 Å². The Balaban J connectivity index is 2.15. The van der Waals surface area contributed by atoms with Crippen LogP contribution >= 0.6 is 0 Å². The summed E-state index contributed by atoms with van der Waals surface area (Å²) in [5.41, 5.74) is 6.52. The zero-order valence-electron chi connectivity index (χ0n) is 11.6. The van der Waals surface area contributed by atoms with Crippen LogP contribution < -0.4 is 10.5 Å². The van der Waals surface area contributed by atoms with Gasteiger partial charge in [0.2, 0.25) is 10.0 Å². The van der Waals surface area contributed by atoms with Crippen molar-refractivity contribution in [1.29, 1.82) is 0 Å². The van der Waals surface area contributed by atoms with Crippen molar-refractivity contribution in [3.63, 3.8) is 0 Å². The Morgan fingerprint density at radius 3 is 2.68 bits per heavy atom. The zero-order valence-corrected chi connectivity index (χ0v) is 12.4. The molecule has 1 saturated carbocycles. The van der Waals surface area contributed by atoms with Crippen molar-refractivity contribution in [3.8, 4) is 0 Å². The highest BCUT2D eigenvalue weighted by molar-refractivity contribution is 7.89. The van der Waals surface area contributed by atoms with Gasteiger partial charge in [0.05, 0.1) is 4.90 Å². The van der Waals surface area contributed by atoms with Crippen LogP contribution in [0.3, 0.4) is 0 Å². The van der Waals surface area contributed by atoms with Gasteiger partial charge in [-0.1, -0.05) is 13.8 Å². The molecule has 1 fully saturated rings. The van der Waals surface area contributed by atoms with Crippen LogP contribution in [0.15, 0.2) is 17.2 Å². The van der Waals surface area contributed by atoms with Crippen LogP contribution in [0, 0.1) is 5.92 Å². The van der Waals surface area contributed by atoms with Gasteiger partial charge in [-0.15, -0.1) is 0 Å². The summed E-state index contributed by atoms with van der Waals surface area (Å²) in [5.74, 6) is 0.622. The van der Waals surface area contributed by atoms with Crippen LogP contribution in [0.2, 0.25) is 0 Å². The van der Waals surface area contributed by atoms with E-state index >= 15 is 0 Å². The predicted octanol–water partition coefficient (Wildman–Crippen LogP) is 1.43. The van der Waals surface area contributed by atoms with E-state index in [1.807, 2.05) is 4.57 Å². The summed E-state index contributed by atoms with van der Waals surface area (Å²) in [4.78, 5) is 0.334. The van der Waals surface area contributed by atoms with E-state index in [2.05, 4.69) is 18.6 Å². The maximum Gasteiger partial charge on any atom is 0.242 e. The van der Waals surface area contributed by atoms with E-state index in [1.54, 1.807) is 12.3 Å². The minimum absolute atomic E-state index is 0.0934. The molecule has 0 unspecified atom stereocenters. The molecule has 19 heavy (non-hydrogen) atoms. The molecule has 5 nitrogen and oxygen atoms in total. The van der Waals surface area contributed by atoms with Crippen molar-refractivity contribution < 1.29 is 8.42 Å². The van der Waals surface area contributed by atoms with E-state index < -0.39 is 10.0 Å². The predicted molar refractivity (Wildman–Crippen MR) is 75.1 cm³/mol. The monoisotopic (exact) mass is 285 g/mol. The minimum atomic E-state index is -3.40. The number of aryl methyl sites for hydroxylation is 1. The molecule has 108 valence electrons. The van der Waals surface area contributed by atoms with E-state index in [4.69, 9.17) is 5.73 Å². The smallest absolute Gasteiger partial charge is 0.242 e. The molecule has 0 spiro atoms. The van der Waals surface area contributed by atoms with E-state index in [1.165, 1.54) is 0 Å². The largest absolute Gasteiger partial charge is 0.349 e. The molecule has 1 aliphatic rings. The third-order valence-electron chi connectivity index (χ3n) is 3.64. The topological polar surface area (TPSA) is 77.1 Å². The molecular formula is C13H23N3O2S. The molecule has 0 atom stereocenters. The van der Waals surface area contributed by atoms with Gasteiger partial charge in [0, 0.05) is 31.0 Å². The summed E-state index contributed by atoms with van der Waals surface area (Å²) in [5, 5.41) is 0. The molecule has 0 aromatic carbocycles. The lowest BCUT2D eigenvalue weighted by atomic mass is 9.83. The van der Waals surface area contributed by atoms with Crippen LogP contribution in [-0.2, 0) is 23.1 Å². The summed E-state index contributed by atoms with van der Waals surface area (Å²) >= 11 is 0. The van der Waals surface area contributed by atoms with Crippen molar-refractivity contribution in [2.75, 3.05) is 0 Å². The summed E-state index contributed by atoms with van der Waals surface area (Å²) < 4.78 is 29.2. The molecule has 1 heterocycles. The van der Waals surface area contributed by atoms with Crippen molar-refractivity contribution >= 4 is 10.0 Å². The van der Waals surface area contributed by atoms with E-state index in [0.29, 0.717) is 17.4 Å². The second-order valence-corrected chi connectivity index (χ2v) is 7.17. The van der Waals surface area contributed by atoms with Crippen LogP contribution in [0.5, 0.6) is 0 Å². The number of hydrogen-bond donors (Lipinski definition) is 2. The summed E-state index contributed by atoms with van der Waals surface area (Å²) in [6.45, 7) is 5.34. The third-order valence-corrected chi connectivity index (χ3v) is 5.13. The second-order valence-electron chi connectivity index (χ2n) is 5.46. The van der Waals surface area contributed by atoms with Crippen LogP contribution in [0.4, 0.5) is 0 Å². The van der Waals surface area contributed by atoms with Gasteiger partial charge in [-0.3, -0.25) is 0 Å². The van der Waals surface area contributed by atoms with Crippen molar-refractivity contribution in [1.82, 2.24) is 9.29 Å². The SMILES string of the molecule is CCCn1cc(S(=O)(=O)NC2CC(C)C2)cc1CN. The lowest BCUT2D eigenvalue weighted by Gasteiger charge is -2.32. The molecule has 6 heteroatoms. The fraction of sp³-hybridized carbons (Fsp3) is 0.692. The molecule has 0 radical (unpaired) electrons. The Bertz CT molecular complexity index is 530. The number of nitrogens with zero attached hydrogens (tertiary/aromatic N) is 1. The van der Waals surface area contributed by atoms with E-state index in [9.17, 15) is 8.42 Å².